The highest BCUT2D eigenvalue weighted by molar-refractivity contribution is 9.24. The topological polar surface area (TPSA) is 55.4 Å². The third-order valence-electron chi connectivity index (χ3n) is 1.89. The van der Waals surface area contributed by atoms with Gasteiger partial charge in [-0.25, -0.2) is 8.42 Å². The van der Waals surface area contributed by atoms with Gasteiger partial charge in [0.1, 0.15) is 10.3 Å². The summed E-state index contributed by atoms with van der Waals surface area (Å²) in [5.41, 5.74) is 0. The lowest BCUT2D eigenvalue weighted by atomic mass is 10.3. The average molecular weight is 381 g/mol. The Morgan fingerprint density at radius 1 is 1.60 bits per heavy atom. The van der Waals surface area contributed by atoms with Gasteiger partial charge < -0.3 is 10.1 Å². The molecule has 15 heavy (non-hydrogen) atoms. The first kappa shape index (κ1) is 13.7. The molecule has 0 amide bonds. The van der Waals surface area contributed by atoms with Gasteiger partial charge in [-0.15, -0.1) is 0 Å². The molecule has 1 saturated heterocycles. The van der Waals surface area contributed by atoms with Gasteiger partial charge in [-0.1, -0.05) is 31.9 Å². The molecule has 0 aromatic carbocycles. The summed E-state index contributed by atoms with van der Waals surface area (Å²) in [6.45, 7) is 0.394. The normalized spacial score (nSPS) is 24.1. The first-order chi connectivity index (χ1) is 6.89. The van der Waals surface area contributed by atoms with E-state index in [9.17, 15) is 8.42 Å². The monoisotopic (exact) mass is 379 g/mol. The lowest BCUT2D eigenvalue weighted by Crippen LogP contribution is -2.36. The van der Waals surface area contributed by atoms with Crippen LogP contribution >= 0.6 is 44.1 Å². The molecule has 0 saturated carbocycles. The highest BCUT2D eigenvalue weighted by Gasteiger charge is 2.28. The zero-order chi connectivity index (χ0) is 11.5. The van der Waals surface area contributed by atoms with Crippen LogP contribution in [0.25, 0.3) is 0 Å². The van der Waals surface area contributed by atoms with Gasteiger partial charge in [0.25, 0.3) is 5.17 Å². The van der Waals surface area contributed by atoms with Crippen molar-refractivity contribution in [1.82, 2.24) is 5.32 Å². The molecule has 1 fully saturated rings. The van der Waals surface area contributed by atoms with E-state index < -0.39 is 9.84 Å². The van der Waals surface area contributed by atoms with Crippen molar-refractivity contribution in [1.29, 1.82) is 0 Å². The van der Waals surface area contributed by atoms with Gasteiger partial charge in [0.2, 0.25) is 0 Å². The molecule has 0 aromatic heterocycles. The third-order valence-corrected chi connectivity index (χ3v) is 4.43. The smallest absolute Gasteiger partial charge is 0.256 e. The summed E-state index contributed by atoms with van der Waals surface area (Å²) >= 11 is 11.4. The third kappa shape index (κ3) is 5.46. The summed E-state index contributed by atoms with van der Waals surface area (Å²) in [5, 5.41) is 3.13. The Balaban J connectivity index is 2.28. The van der Waals surface area contributed by atoms with Crippen LogP contribution in [0.4, 0.5) is 0 Å². The van der Waals surface area contributed by atoms with Crippen LogP contribution in [-0.2, 0) is 14.6 Å². The van der Waals surface area contributed by atoms with E-state index in [0.29, 0.717) is 13.0 Å². The average Bonchev–Trinajstić information content (AvgIpc) is 2.42. The molecule has 8 heteroatoms. The molecule has 1 aliphatic rings. The van der Waals surface area contributed by atoms with Gasteiger partial charge >= 0.3 is 0 Å². The molecule has 1 N–H and O–H groups in total. The molecular formula is C7H11Br2NO3S2. The van der Waals surface area contributed by atoms with Gasteiger partial charge in [-0.2, -0.15) is 0 Å². The van der Waals surface area contributed by atoms with E-state index >= 15 is 0 Å². The Kier molecular flexibility index (Phi) is 5.27. The van der Waals surface area contributed by atoms with Gasteiger partial charge in [0.05, 0.1) is 11.5 Å². The van der Waals surface area contributed by atoms with Crippen molar-refractivity contribution in [3.05, 3.63) is 0 Å². The number of ether oxygens (including phenoxy) is 1. The van der Waals surface area contributed by atoms with Crippen LogP contribution < -0.4 is 5.32 Å². The molecule has 0 bridgehead atoms. The van der Waals surface area contributed by atoms with Crippen LogP contribution in [0, 0.1) is 0 Å². The standard InChI is InChI=1S/C7H11Br2NO3S2/c8-6(9)3-13-7(14)10-5-1-2-15(11,12)4-5/h5-6H,1-4H2,(H,10,14)/t5-/m1/s1. The number of hydrogen-bond acceptors (Lipinski definition) is 4. The molecule has 1 aliphatic heterocycles. The maximum absolute atomic E-state index is 11.1. The molecule has 88 valence electrons. The fourth-order valence-electron chi connectivity index (χ4n) is 1.26. The summed E-state index contributed by atoms with van der Waals surface area (Å²) < 4.78 is 27.5. The Bertz CT molecular complexity index is 331. The van der Waals surface area contributed by atoms with Crippen LogP contribution in [-0.4, -0.2) is 41.5 Å². The number of thiocarbonyl (C=S) groups is 1. The lowest BCUT2D eigenvalue weighted by molar-refractivity contribution is 0.315. The number of nitrogens with one attached hydrogen (secondary N) is 1. The fraction of sp³-hybridized carbons (Fsp3) is 0.857. The Hall–Kier alpha value is 0.600. The van der Waals surface area contributed by atoms with E-state index in [1.54, 1.807) is 0 Å². The van der Waals surface area contributed by atoms with E-state index in [-0.39, 0.29) is 26.5 Å². The molecule has 1 heterocycles. The maximum Gasteiger partial charge on any atom is 0.256 e. The largest absolute Gasteiger partial charge is 0.469 e. The van der Waals surface area contributed by atoms with Gasteiger partial charge in [-0.05, 0) is 18.6 Å². The SMILES string of the molecule is O=S1(=O)CC[C@@H](NC(=S)OCC(Br)Br)C1. The summed E-state index contributed by atoms with van der Waals surface area (Å²) in [5.74, 6) is 0.370. The summed E-state index contributed by atoms with van der Waals surface area (Å²) in [6.07, 6.45) is 0.595. The molecule has 0 spiro atoms. The van der Waals surface area contributed by atoms with E-state index in [1.807, 2.05) is 0 Å². The minimum Gasteiger partial charge on any atom is -0.469 e. The minimum absolute atomic E-state index is 0.0389. The summed E-state index contributed by atoms with van der Waals surface area (Å²) in [7, 11) is -2.87. The quantitative estimate of drug-likeness (QED) is 0.588. The molecular weight excluding hydrogens is 370 g/mol. The van der Waals surface area contributed by atoms with Crippen LogP contribution in [0.1, 0.15) is 6.42 Å². The van der Waals surface area contributed by atoms with Crippen LogP contribution in [0.2, 0.25) is 0 Å². The predicted molar refractivity (Wildman–Crippen MR) is 70.4 cm³/mol. The van der Waals surface area contributed by atoms with Gasteiger partial charge in [0.15, 0.2) is 9.84 Å². The van der Waals surface area contributed by atoms with E-state index in [2.05, 4.69) is 37.2 Å². The number of hydrogen-bond donors (Lipinski definition) is 1. The fourth-order valence-corrected chi connectivity index (χ4v) is 3.43. The second-order valence-electron chi connectivity index (χ2n) is 3.23. The molecule has 0 aromatic rings. The zero-order valence-corrected chi connectivity index (χ0v) is 12.6. The minimum atomic E-state index is -2.87. The van der Waals surface area contributed by atoms with E-state index in [0.717, 1.165) is 0 Å². The van der Waals surface area contributed by atoms with Gasteiger partial charge in [-0.3, -0.25) is 0 Å². The van der Waals surface area contributed by atoms with Crippen molar-refractivity contribution in [2.75, 3.05) is 18.1 Å². The number of rotatable bonds is 3. The zero-order valence-electron chi connectivity index (χ0n) is 7.78. The predicted octanol–water partition coefficient (Wildman–Crippen LogP) is 1.18. The van der Waals surface area contributed by atoms with Crippen LogP contribution in [0.5, 0.6) is 0 Å². The molecule has 0 radical (unpaired) electrons. The number of alkyl halides is 2. The van der Waals surface area contributed by atoms with Crippen molar-refractivity contribution >= 4 is 59.1 Å². The van der Waals surface area contributed by atoms with Crippen molar-refractivity contribution < 1.29 is 13.2 Å². The Labute approximate surface area is 111 Å². The number of sulfone groups is 1. The van der Waals surface area contributed by atoms with Crippen LogP contribution in [0.15, 0.2) is 0 Å². The first-order valence-corrected chi connectivity index (χ1v) is 8.37. The molecule has 1 rings (SSSR count). The van der Waals surface area contributed by atoms with Crippen molar-refractivity contribution in [2.45, 2.75) is 16.2 Å². The summed E-state index contributed by atoms with van der Waals surface area (Å²) in [6, 6.07) is -0.105. The Morgan fingerprint density at radius 3 is 2.73 bits per heavy atom. The first-order valence-electron chi connectivity index (χ1n) is 4.31. The highest BCUT2D eigenvalue weighted by Crippen LogP contribution is 2.12. The molecule has 4 nitrogen and oxygen atoms in total. The number of halogens is 2. The van der Waals surface area contributed by atoms with Crippen LogP contribution in [0.3, 0.4) is 0 Å². The van der Waals surface area contributed by atoms with Crippen molar-refractivity contribution in [3.8, 4) is 0 Å². The van der Waals surface area contributed by atoms with Gasteiger partial charge in [0, 0.05) is 6.04 Å². The maximum atomic E-state index is 11.1. The summed E-state index contributed by atoms with van der Waals surface area (Å²) in [4.78, 5) is 0. The lowest BCUT2D eigenvalue weighted by Gasteiger charge is -2.14. The highest BCUT2D eigenvalue weighted by atomic mass is 79.9. The second-order valence-corrected chi connectivity index (χ2v) is 9.27. The molecule has 1 atom stereocenters. The second kappa shape index (κ2) is 5.79. The van der Waals surface area contributed by atoms with Crippen molar-refractivity contribution in [3.63, 3.8) is 0 Å². The van der Waals surface area contributed by atoms with Crippen molar-refractivity contribution in [2.24, 2.45) is 0 Å². The molecule has 0 unspecified atom stereocenters. The Morgan fingerprint density at radius 2 is 2.27 bits per heavy atom. The van der Waals surface area contributed by atoms with E-state index in [1.165, 1.54) is 0 Å². The molecule has 0 aliphatic carbocycles. The van der Waals surface area contributed by atoms with E-state index in [4.69, 9.17) is 17.0 Å².